The summed E-state index contributed by atoms with van der Waals surface area (Å²) in [5, 5.41) is 12.3. The zero-order valence-corrected chi connectivity index (χ0v) is 15.4. The van der Waals surface area contributed by atoms with Gasteiger partial charge in [0, 0.05) is 10.7 Å². The van der Waals surface area contributed by atoms with Crippen LogP contribution in [0.2, 0.25) is 5.02 Å². The lowest BCUT2D eigenvalue weighted by molar-refractivity contribution is -0.113. The number of halogens is 1. The van der Waals surface area contributed by atoms with Gasteiger partial charge < -0.3 is 5.32 Å². The lowest BCUT2D eigenvalue weighted by Gasteiger charge is -2.10. The number of nitrogens with zero attached hydrogens (tertiary/aromatic N) is 4. The van der Waals surface area contributed by atoms with Gasteiger partial charge in [-0.05, 0) is 36.8 Å². The predicted molar refractivity (Wildman–Crippen MR) is 104 cm³/mol. The van der Waals surface area contributed by atoms with E-state index >= 15 is 0 Å². The van der Waals surface area contributed by atoms with Gasteiger partial charge in [0.05, 0.1) is 16.8 Å². The maximum Gasteiger partial charge on any atom is 0.234 e. The summed E-state index contributed by atoms with van der Waals surface area (Å²) < 4.78 is 1.88. The third-order valence-electron chi connectivity index (χ3n) is 3.98. The third-order valence-corrected chi connectivity index (χ3v) is 5.35. The molecule has 4 aromatic rings. The number of aromatic nitrogens is 4. The van der Waals surface area contributed by atoms with E-state index in [4.69, 9.17) is 11.6 Å². The number of carbonyl (C=O) groups is 1. The van der Waals surface area contributed by atoms with E-state index in [-0.39, 0.29) is 11.7 Å². The monoisotopic (exact) mass is 383 g/mol. The molecule has 130 valence electrons. The second-order valence-corrected chi connectivity index (χ2v) is 7.05. The minimum absolute atomic E-state index is 0.131. The molecule has 8 heteroatoms. The number of carbonyl (C=O) groups excluding carboxylic acids is 1. The molecule has 2 aromatic heterocycles. The highest BCUT2D eigenvalue weighted by atomic mass is 35.5. The fraction of sp³-hybridized carbons (Fsp3) is 0.111. The van der Waals surface area contributed by atoms with E-state index in [0.29, 0.717) is 21.4 Å². The first-order chi connectivity index (χ1) is 12.6. The zero-order valence-electron chi connectivity index (χ0n) is 13.8. The molecule has 1 N–H and O–H groups in total. The van der Waals surface area contributed by atoms with Crippen molar-refractivity contribution >= 4 is 51.6 Å². The molecule has 0 aliphatic rings. The second-order valence-electron chi connectivity index (χ2n) is 5.68. The van der Waals surface area contributed by atoms with Crippen LogP contribution in [-0.4, -0.2) is 31.2 Å². The SMILES string of the molecule is Cc1c(Cl)cccc1NC(=O)CSc1nc2ccccc2n2cnnc12. The van der Waals surface area contributed by atoms with Gasteiger partial charge in [-0.25, -0.2) is 4.98 Å². The fourth-order valence-corrected chi connectivity index (χ4v) is 3.58. The van der Waals surface area contributed by atoms with Crippen LogP contribution in [0.3, 0.4) is 0 Å². The van der Waals surface area contributed by atoms with Crippen molar-refractivity contribution in [1.29, 1.82) is 0 Å². The Labute approximate surface area is 158 Å². The molecule has 0 aliphatic heterocycles. The lowest BCUT2D eigenvalue weighted by atomic mass is 10.2. The van der Waals surface area contributed by atoms with Gasteiger partial charge in [-0.15, -0.1) is 10.2 Å². The molecule has 0 unspecified atom stereocenters. The van der Waals surface area contributed by atoms with Gasteiger partial charge in [0.15, 0.2) is 5.65 Å². The van der Waals surface area contributed by atoms with E-state index in [1.165, 1.54) is 11.8 Å². The Hall–Kier alpha value is -2.64. The van der Waals surface area contributed by atoms with Gasteiger partial charge >= 0.3 is 0 Å². The Bertz CT molecular complexity index is 1130. The molecule has 0 saturated carbocycles. The highest BCUT2D eigenvalue weighted by molar-refractivity contribution is 8.00. The first-order valence-electron chi connectivity index (χ1n) is 7.90. The van der Waals surface area contributed by atoms with Crippen molar-refractivity contribution in [3.63, 3.8) is 0 Å². The van der Waals surface area contributed by atoms with E-state index in [1.54, 1.807) is 12.4 Å². The Kier molecular flexibility index (Phi) is 4.48. The highest BCUT2D eigenvalue weighted by Crippen LogP contribution is 2.26. The summed E-state index contributed by atoms with van der Waals surface area (Å²) in [6, 6.07) is 13.2. The highest BCUT2D eigenvalue weighted by Gasteiger charge is 2.13. The molecule has 6 nitrogen and oxygen atoms in total. The van der Waals surface area contributed by atoms with E-state index < -0.39 is 0 Å². The van der Waals surface area contributed by atoms with Crippen LogP contribution >= 0.6 is 23.4 Å². The van der Waals surface area contributed by atoms with Crippen molar-refractivity contribution in [2.75, 3.05) is 11.1 Å². The molecule has 0 spiro atoms. The maximum atomic E-state index is 12.3. The summed E-state index contributed by atoms with van der Waals surface area (Å²) >= 11 is 7.42. The van der Waals surface area contributed by atoms with Crippen LogP contribution in [0.4, 0.5) is 5.69 Å². The molecule has 0 aliphatic carbocycles. The molecule has 26 heavy (non-hydrogen) atoms. The summed E-state index contributed by atoms with van der Waals surface area (Å²) in [5.41, 5.74) is 3.95. The van der Waals surface area contributed by atoms with Crippen LogP contribution in [-0.2, 0) is 4.79 Å². The summed E-state index contributed by atoms with van der Waals surface area (Å²) in [4.78, 5) is 17.0. The smallest absolute Gasteiger partial charge is 0.234 e. The van der Waals surface area contributed by atoms with Crippen molar-refractivity contribution in [1.82, 2.24) is 19.6 Å². The van der Waals surface area contributed by atoms with Crippen LogP contribution in [0.15, 0.2) is 53.8 Å². The number of fused-ring (bicyclic) bond motifs is 3. The molecule has 0 fully saturated rings. The Morgan fingerprint density at radius 1 is 1.23 bits per heavy atom. The number of anilines is 1. The number of hydrogen-bond acceptors (Lipinski definition) is 5. The normalized spacial score (nSPS) is 11.2. The molecule has 2 heterocycles. The minimum atomic E-state index is -0.131. The molecular weight excluding hydrogens is 370 g/mol. The Morgan fingerprint density at radius 2 is 2.08 bits per heavy atom. The topological polar surface area (TPSA) is 72.2 Å². The largest absolute Gasteiger partial charge is 0.325 e. The summed E-state index contributed by atoms with van der Waals surface area (Å²) in [5.74, 6) is 0.0767. The average molecular weight is 384 g/mol. The standard InChI is InChI=1S/C18H14ClN5OS/c1-11-12(19)5-4-7-13(11)21-16(25)9-26-18-17-23-20-10-24(17)15-8-3-2-6-14(15)22-18/h2-8,10H,9H2,1H3,(H,21,25). The number of para-hydroxylation sites is 2. The van der Waals surface area contributed by atoms with Crippen LogP contribution in [0.25, 0.3) is 16.7 Å². The maximum absolute atomic E-state index is 12.3. The van der Waals surface area contributed by atoms with E-state index in [2.05, 4.69) is 20.5 Å². The number of hydrogen-bond donors (Lipinski definition) is 1. The number of nitrogens with one attached hydrogen (secondary N) is 1. The van der Waals surface area contributed by atoms with Crippen molar-refractivity contribution in [2.45, 2.75) is 11.9 Å². The van der Waals surface area contributed by atoms with Crippen LogP contribution < -0.4 is 5.32 Å². The van der Waals surface area contributed by atoms with Gasteiger partial charge in [0.25, 0.3) is 0 Å². The van der Waals surface area contributed by atoms with Crippen LogP contribution in [0.1, 0.15) is 5.56 Å². The lowest BCUT2D eigenvalue weighted by Crippen LogP contribution is -2.15. The molecule has 0 saturated heterocycles. The fourth-order valence-electron chi connectivity index (χ4n) is 2.64. The van der Waals surface area contributed by atoms with Crippen molar-refractivity contribution in [2.24, 2.45) is 0 Å². The molecule has 0 bridgehead atoms. The first-order valence-corrected chi connectivity index (χ1v) is 9.26. The number of thioether (sulfide) groups is 1. The van der Waals surface area contributed by atoms with Crippen LogP contribution in [0, 0.1) is 6.92 Å². The number of benzene rings is 2. The Morgan fingerprint density at radius 3 is 2.96 bits per heavy atom. The predicted octanol–water partition coefficient (Wildman–Crippen LogP) is 3.97. The quantitative estimate of drug-likeness (QED) is 0.540. The minimum Gasteiger partial charge on any atom is -0.325 e. The molecular formula is C18H14ClN5OS. The number of rotatable bonds is 4. The molecule has 0 radical (unpaired) electrons. The molecule has 0 atom stereocenters. The summed E-state index contributed by atoms with van der Waals surface area (Å²) in [6.07, 6.45) is 1.65. The zero-order chi connectivity index (χ0) is 18.1. The summed E-state index contributed by atoms with van der Waals surface area (Å²) in [7, 11) is 0. The molecule has 2 aromatic carbocycles. The van der Waals surface area contributed by atoms with E-state index in [1.807, 2.05) is 47.7 Å². The van der Waals surface area contributed by atoms with Gasteiger partial charge in [-0.3, -0.25) is 9.20 Å². The second kappa shape index (κ2) is 6.93. The number of amides is 1. The van der Waals surface area contributed by atoms with Gasteiger partial charge in [0.2, 0.25) is 5.91 Å². The summed E-state index contributed by atoms with van der Waals surface area (Å²) in [6.45, 7) is 1.87. The Balaban J connectivity index is 1.56. The third kappa shape index (κ3) is 3.11. The average Bonchev–Trinajstić information content (AvgIpc) is 3.14. The van der Waals surface area contributed by atoms with Crippen molar-refractivity contribution in [3.8, 4) is 0 Å². The molecule has 4 rings (SSSR count). The molecule has 1 amide bonds. The van der Waals surface area contributed by atoms with Crippen molar-refractivity contribution < 1.29 is 4.79 Å². The van der Waals surface area contributed by atoms with E-state index in [9.17, 15) is 4.79 Å². The van der Waals surface area contributed by atoms with Crippen LogP contribution in [0.5, 0.6) is 0 Å². The van der Waals surface area contributed by atoms with Gasteiger partial charge in [-0.2, -0.15) is 0 Å². The van der Waals surface area contributed by atoms with Gasteiger partial charge in [0.1, 0.15) is 11.4 Å². The van der Waals surface area contributed by atoms with Gasteiger partial charge in [-0.1, -0.05) is 41.6 Å². The van der Waals surface area contributed by atoms with Crippen molar-refractivity contribution in [3.05, 3.63) is 59.4 Å². The first kappa shape index (κ1) is 16.8. The van der Waals surface area contributed by atoms with E-state index in [0.717, 1.165) is 16.6 Å².